The van der Waals surface area contributed by atoms with Crippen LogP contribution in [0.3, 0.4) is 0 Å². The molecule has 0 atom stereocenters. The summed E-state index contributed by atoms with van der Waals surface area (Å²) in [6.45, 7) is 8.40. The molecule has 0 aromatic carbocycles. The number of carbonyl (C=O) groups is 1. The van der Waals surface area contributed by atoms with Crippen molar-refractivity contribution in [3.8, 4) is 0 Å². The van der Waals surface area contributed by atoms with Gasteiger partial charge in [-0.15, -0.1) is 0 Å². The second-order valence-corrected chi connectivity index (χ2v) is 5.49. The van der Waals surface area contributed by atoms with Crippen LogP contribution in [0.5, 0.6) is 0 Å². The Balaban J connectivity index is 3.44. The molecule has 0 aromatic rings. The van der Waals surface area contributed by atoms with Gasteiger partial charge in [0.05, 0.1) is 0 Å². The van der Waals surface area contributed by atoms with E-state index in [2.05, 4.69) is 13.5 Å². The number of esters is 1. The molecule has 0 saturated heterocycles. The van der Waals surface area contributed by atoms with E-state index in [0.29, 0.717) is 12.2 Å². The van der Waals surface area contributed by atoms with E-state index in [9.17, 15) is 4.79 Å². The molecule has 5 heteroatoms. The molecule has 0 radical (unpaired) electrons. The van der Waals surface area contributed by atoms with Crippen LogP contribution in [0, 0.1) is 0 Å². The molecule has 3 nitrogen and oxygen atoms in total. The molecule has 0 saturated carbocycles. The number of hydrogen-bond acceptors (Lipinski definition) is 5. The first kappa shape index (κ1) is 13.9. The molecule has 0 unspecified atom stereocenters. The fourth-order valence-electron chi connectivity index (χ4n) is 0.570. The summed E-state index contributed by atoms with van der Waals surface area (Å²) in [7, 11) is 5.41. The van der Waals surface area contributed by atoms with Gasteiger partial charge in [0.1, 0.15) is 6.61 Å². The molecule has 0 aliphatic carbocycles. The van der Waals surface area contributed by atoms with Crippen LogP contribution >= 0.6 is 21.8 Å². The lowest BCUT2D eigenvalue weighted by atomic mass is 10.4. The lowest BCUT2D eigenvalue weighted by Crippen LogP contribution is -2.18. The SMILES string of the molecule is C=C(C)C(=O)OCCN(C)SSCC. The van der Waals surface area contributed by atoms with Crippen LogP contribution < -0.4 is 0 Å². The Bertz CT molecular complexity index is 197. The molecule has 0 rings (SSSR count). The van der Waals surface area contributed by atoms with Crippen LogP contribution in [0.2, 0.25) is 0 Å². The summed E-state index contributed by atoms with van der Waals surface area (Å²) in [6.07, 6.45) is 0. The third-order valence-electron chi connectivity index (χ3n) is 1.29. The molecule has 0 spiro atoms. The normalized spacial score (nSPS) is 10.3. The highest BCUT2D eigenvalue weighted by molar-refractivity contribution is 8.75. The first-order valence-electron chi connectivity index (χ1n) is 4.41. The molecule has 0 bridgehead atoms. The second-order valence-electron chi connectivity index (χ2n) is 2.75. The van der Waals surface area contributed by atoms with Crippen molar-refractivity contribution in [1.29, 1.82) is 0 Å². The van der Waals surface area contributed by atoms with Gasteiger partial charge in [-0.05, 0) is 25.0 Å². The summed E-state index contributed by atoms with van der Waals surface area (Å²) in [5, 5.41) is 0. The minimum atomic E-state index is -0.313. The van der Waals surface area contributed by atoms with Gasteiger partial charge in [0, 0.05) is 17.9 Å². The van der Waals surface area contributed by atoms with Crippen LogP contribution in [0.4, 0.5) is 0 Å². The van der Waals surface area contributed by atoms with Crippen LogP contribution in [-0.2, 0) is 9.53 Å². The maximum atomic E-state index is 11.0. The molecule has 0 aromatic heterocycles. The predicted octanol–water partition coefficient (Wildman–Crippen LogP) is 2.35. The van der Waals surface area contributed by atoms with E-state index < -0.39 is 0 Å². The first-order valence-corrected chi connectivity index (χ1v) is 6.68. The number of likely N-dealkylation sites (N-methyl/N-ethyl adjacent to an activating group) is 1. The van der Waals surface area contributed by atoms with Crippen molar-refractivity contribution < 1.29 is 9.53 Å². The van der Waals surface area contributed by atoms with E-state index in [0.717, 1.165) is 12.3 Å². The third-order valence-corrected chi connectivity index (χ3v) is 3.85. The average molecular weight is 235 g/mol. The summed E-state index contributed by atoms with van der Waals surface area (Å²) in [5.74, 6) is 0.757. The minimum absolute atomic E-state index is 0.313. The summed E-state index contributed by atoms with van der Waals surface area (Å²) in [5.41, 5.74) is 0.447. The summed E-state index contributed by atoms with van der Waals surface area (Å²) in [6, 6.07) is 0. The van der Waals surface area contributed by atoms with Crippen molar-refractivity contribution in [2.24, 2.45) is 0 Å². The Hall–Kier alpha value is -0.130. The third kappa shape index (κ3) is 7.29. The summed E-state index contributed by atoms with van der Waals surface area (Å²) >= 11 is 0. The Morgan fingerprint density at radius 3 is 2.71 bits per heavy atom. The molecule has 14 heavy (non-hydrogen) atoms. The quantitative estimate of drug-likeness (QED) is 0.292. The Labute approximate surface area is 93.8 Å². The fourth-order valence-corrected chi connectivity index (χ4v) is 2.08. The van der Waals surface area contributed by atoms with Gasteiger partial charge in [-0.2, -0.15) is 0 Å². The Kier molecular flexibility index (Phi) is 8.12. The molecule has 0 fully saturated rings. The Morgan fingerprint density at radius 1 is 1.57 bits per heavy atom. The predicted molar refractivity (Wildman–Crippen MR) is 64.1 cm³/mol. The van der Waals surface area contributed by atoms with Gasteiger partial charge < -0.3 is 4.74 Å². The smallest absolute Gasteiger partial charge is 0.333 e. The van der Waals surface area contributed by atoms with Crippen molar-refractivity contribution in [1.82, 2.24) is 4.31 Å². The lowest BCUT2D eigenvalue weighted by Gasteiger charge is -2.13. The second kappa shape index (κ2) is 8.20. The first-order chi connectivity index (χ1) is 6.57. The van der Waals surface area contributed by atoms with Gasteiger partial charge in [0.2, 0.25) is 0 Å². The maximum absolute atomic E-state index is 11.0. The summed E-state index contributed by atoms with van der Waals surface area (Å²) < 4.78 is 6.99. The van der Waals surface area contributed by atoms with Gasteiger partial charge >= 0.3 is 5.97 Å². The van der Waals surface area contributed by atoms with Crippen LogP contribution in [-0.4, -0.2) is 36.2 Å². The van der Waals surface area contributed by atoms with E-state index >= 15 is 0 Å². The number of rotatable bonds is 7. The van der Waals surface area contributed by atoms with Gasteiger partial charge in [-0.25, -0.2) is 9.10 Å². The molecule has 0 amide bonds. The van der Waals surface area contributed by atoms with Crippen molar-refractivity contribution >= 4 is 27.7 Å². The number of carbonyl (C=O) groups excluding carboxylic acids is 1. The summed E-state index contributed by atoms with van der Waals surface area (Å²) in [4.78, 5) is 11.0. The van der Waals surface area contributed by atoms with Crippen molar-refractivity contribution in [3.63, 3.8) is 0 Å². The topological polar surface area (TPSA) is 29.5 Å². The molecular weight excluding hydrogens is 218 g/mol. The van der Waals surface area contributed by atoms with Crippen molar-refractivity contribution in [3.05, 3.63) is 12.2 Å². The van der Waals surface area contributed by atoms with E-state index in [1.165, 1.54) is 0 Å². The maximum Gasteiger partial charge on any atom is 0.333 e. The van der Waals surface area contributed by atoms with Crippen molar-refractivity contribution in [2.75, 3.05) is 26.0 Å². The largest absolute Gasteiger partial charge is 0.461 e. The van der Waals surface area contributed by atoms with E-state index in [4.69, 9.17) is 4.74 Å². The highest BCUT2D eigenvalue weighted by Gasteiger charge is 2.04. The molecule has 0 N–H and O–H groups in total. The molecule has 0 aliphatic rings. The standard InChI is InChI=1S/C9H17NO2S2/c1-5-13-14-10(4)6-7-12-9(11)8(2)3/h2,5-7H2,1,3-4H3. The van der Waals surface area contributed by atoms with Crippen LogP contribution in [0.1, 0.15) is 13.8 Å². The zero-order valence-electron chi connectivity index (χ0n) is 8.91. The molecule has 0 heterocycles. The van der Waals surface area contributed by atoms with Crippen LogP contribution in [0.25, 0.3) is 0 Å². The number of ether oxygens (including phenoxy) is 1. The molecule has 0 aliphatic heterocycles. The zero-order valence-corrected chi connectivity index (χ0v) is 10.5. The highest BCUT2D eigenvalue weighted by atomic mass is 33.1. The van der Waals surface area contributed by atoms with Gasteiger partial charge in [-0.1, -0.05) is 24.3 Å². The number of nitrogens with zero attached hydrogens (tertiary/aromatic N) is 1. The highest BCUT2D eigenvalue weighted by Crippen LogP contribution is 2.22. The molecular formula is C9H17NO2S2. The number of hydrogen-bond donors (Lipinski definition) is 0. The van der Waals surface area contributed by atoms with Gasteiger partial charge in [-0.3, -0.25) is 0 Å². The van der Waals surface area contributed by atoms with Gasteiger partial charge in [0.15, 0.2) is 0 Å². The zero-order chi connectivity index (χ0) is 11.0. The van der Waals surface area contributed by atoms with Crippen molar-refractivity contribution in [2.45, 2.75) is 13.8 Å². The average Bonchev–Trinajstić information content (AvgIpc) is 2.14. The Morgan fingerprint density at radius 2 is 2.21 bits per heavy atom. The fraction of sp³-hybridized carbons (Fsp3) is 0.667. The van der Waals surface area contributed by atoms with Gasteiger partial charge in [0.25, 0.3) is 0 Å². The van der Waals surface area contributed by atoms with E-state index in [1.807, 2.05) is 11.4 Å². The van der Waals surface area contributed by atoms with E-state index in [1.54, 1.807) is 28.7 Å². The monoisotopic (exact) mass is 235 g/mol. The van der Waals surface area contributed by atoms with Crippen LogP contribution in [0.15, 0.2) is 12.2 Å². The van der Waals surface area contributed by atoms with E-state index in [-0.39, 0.29) is 5.97 Å². The lowest BCUT2D eigenvalue weighted by molar-refractivity contribution is -0.138. The molecule has 82 valence electrons. The minimum Gasteiger partial charge on any atom is -0.461 e.